The van der Waals surface area contributed by atoms with E-state index < -0.39 is 5.82 Å². The standard InChI is InChI=1S/C11H16FN3O2/c1-7-5-17-9(4-16)3-15(7)11-10(12)8(2)13-6-14-11/h6-7,9,16H,3-5H2,1-2H3. The fourth-order valence-electron chi connectivity index (χ4n) is 1.87. The number of aryl methyl sites for hydroxylation is 1. The van der Waals surface area contributed by atoms with Crippen molar-refractivity contribution in [1.82, 2.24) is 9.97 Å². The lowest BCUT2D eigenvalue weighted by atomic mass is 10.2. The van der Waals surface area contributed by atoms with Crippen LogP contribution in [0.5, 0.6) is 0 Å². The summed E-state index contributed by atoms with van der Waals surface area (Å²) in [7, 11) is 0. The van der Waals surface area contributed by atoms with Crippen molar-refractivity contribution in [3.05, 3.63) is 17.8 Å². The number of rotatable bonds is 2. The second-order valence-corrected chi connectivity index (χ2v) is 4.24. The summed E-state index contributed by atoms with van der Waals surface area (Å²) >= 11 is 0. The molecule has 1 aromatic heterocycles. The van der Waals surface area contributed by atoms with E-state index in [1.807, 2.05) is 11.8 Å². The number of halogens is 1. The van der Waals surface area contributed by atoms with E-state index in [2.05, 4.69) is 9.97 Å². The van der Waals surface area contributed by atoms with Crippen molar-refractivity contribution in [2.24, 2.45) is 0 Å². The van der Waals surface area contributed by atoms with Gasteiger partial charge in [0.25, 0.3) is 0 Å². The minimum absolute atomic E-state index is 0.0293. The average molecular weight is 241 g/mol. The van der Waals surface area contributed by atoms with Crippen LogP contribution in [0.15, 0.2) is 6.33 Å². The summed E-state index contributed by atoms with van der Waals surface area (Å²) in [6.45, 7) is 4.35. The van der Waals surface area contributed by atoms with Crippen molar-refractivity contribution in [1.29, 1.82) is 0 Å². The first-order chi connectivity index (χ1) is 8.13. The quantitative estimate of drug-likeness (QED) is 0.817. The van der Waals surface area contributed by atoms with Gasteiger partial charge in [0, 0.05) is 6.54 Å². The normalized spacial score (nSPS) is 25.1. The Balaban J connectivity index is 2.27. The molecular weight excluding hydrogens is 225 g/mol. The van der Waals surface area contributed by atoms with Gasteiger partial charge >= 0.3 is 0 Å². The van der Waals surface area contributed by atoms with Crippen molar-refractivity contribution in [3.8, 4) is 0 Å². The lowest BCUT2D eigenvalue weighted by Gasteiger charge is -2.38. The maximum atomic E-state index is 13.9. The Labute approximate surface area is 99.3 Å². The second-order valence-electron chi connectivity index (χ2n) is 4.24. The molecule has 94 valence electrons. The Morgan fingerprint density at radius 3 is 3.06 bits per heavy atom. The van der Waals surface area contributed by atoms with Gasteiger partial charge in [-0.05, 0) is 13.8 Å². The first-order valence-corrected chi connectivity index (χ1v) is 5.59. The molecule has 0 amide bonds. The van der Waals surface area contributed by atoms with Gasteiger partial charge in [0.05, 0.1) is 31.1 Å². The number of hydrogen-bond donors (Lipinski definition) is 1. The molecule has 0 radical (unpaired) electrons. The molecule has 5 nitrogen and oxygen atoms in total. The van der Waals surface area contributed by atoms with Crippen molar-refractivity contribution in [3.63, 3.8) is 0 Å². The summed E-state index contributed by atoms with van der Waals surface area (Å²) < 4.78 is 19.3. The molecule has 2 rings (SSSR count). The number of morpholine rings is 1. The Morgan fingerprint density at radius 1 is 1.59 bits per heavy atom. The molecule has 1 N–H and O–H groups in total. The fourth-order valence-corrected chi connectivity index (χ4v) is 1.87. The van der Waals surface area contributed by atoms with Crippen LogP contribution in [0, 0.1) is 12.7 Å². The predicted molar refractivity (Wildman–Crippen MR) is 60.4 cm³/mol. The molecule has 1 fully saturated rings. The average Bonchev–Trinajstić information content (AvgIpc) is 2.34. The van der Waals surface area contributed by atoms with Gasteiger partial charge in [0.15, 0.2) is 11.6 Å². The molecule has 1 aliphatic heterocycles. The largest absolute Gasteiger partial charge is 0.394 e. The SMILES string of the molecule is Cc1ncnc(N2CC(CO)OCC2C)c1F. The van der Waals surface area contributed by atoms with Gasteiger partial charge in [-0.1, -0.05) is 0 Å². The number of hydrogen-bond acceptors (Lipinski definition) is 5. The molecule has 0 spiro atoms. The van der Waals surface area contributed by atoms with Crippen LogP contribution in [0.1, 0.15) is 12.6 Å². The van der Waals surface area contributed by atoms with Gasteiger partial charge in [-0.15, -0.1) is 0 Å². The van der Waals surface area contributed by atoms with E-state index in [0.29, 0.717) is 18.8 Å². The molecule has 6 heteroatoms. The molecule has 0 aliphatic carbocycles. The Bertz CT molecular complexity index is 402. The van der Waals surface area contributed by atoms with Crippen molar-refractivity contribution < 1.29 is 14.2 Å². The molecule has 2 unspecified atom stereocenters. The molecule has 0 aromatic carbocycles. The maximum absolute atomic E-state index is 13.9. The van der Waals surface area contributed by atoms with E-state index in [0.717, 1.165) is 0 Å². The molecule has 0 saturated carbocycles. The van der Waals surface area contributed by atoms with E-state index in [9.17, 15) is 4.39 Å². The number of ether oxygens (including phenoxy) is 1. The zero-order valence-corrected chi connectivity index (χ0v) is 9.93. The van der Waals surface area contributed by atoms with Crippen LogP contribution in [0.25, 0.3) is 0 Å². The van der Waals surface area contributed by atoms with E-state index in [-0.39, 0.29) is 24.6 Å². The topological polar surface area (TPSA) is 58.5 Å². The summed E-state index contributed by atoms with van der Waals surface area (Å²) in [5.41, 5.74) is 0.328. The highest BCUT2D eigenvalue weighted by Gasteiger charge is 2.28. The molecule has 0 bridgehead atoms. The van der Waals surface area contributed by atoms with Gasteiger partial charge in [0.1, 0.15) is 6.33 Å². The van der Waals surface area contributed by atoms with Gasteiger partial charge in [-0.2, -0.15) is 0 Å². The monoisotopic (exact) mass is 241 g/mol. The van der Waals surface area contributed by atoms with E-state index in [1.165, 1.54) is 6.33 Å². The lowest BCUT2D eigenvalue weighted by Crippen LogP contribution is -2.50. The molecule has 1 aliphatic rings. The summed E-state index contributed by atoms with van der Waals surface area (Å²) in [4.78, 5) is 9.60. The summed E-state index contributed by atoms with van der Waals surface area (Å²) in [5.74, 6) is -0.121. The first kappa shape index (κ1) is 12.2. The summed E-state index contributed by atoms with van der Waals surface area (Å²) in [6.07, 6.45) is 1.06. The minimum atomic E-state index is -0.405. The number of anilines is 1. The van der Waals surface area contributed by atoms with Gasteiger partial charge in [-0.3, -0.25) is 0 Å². The molecule has 2 atom stereocenters. The van der Waals surface area contributed by atoms with Crippen molar-refractivity contribution in [2.75, 3.05) is 24.7 Å². The third kappa shape index (κ3) is 2.37. The van der Waals surface area contributed by atoms with Crippen LogP contribution in [-0.4, -0.2) is 47.0 Å². The Hall–Kier alpha value is -1.27. The summed E-state index contributed by atoms with van der Waals surface area (Å²) in [5, 5.41) is 9.09. The Morgan fingerprint density at radius 2 is 2.35 bits per heavy atom. The Kier molecular flexibility index (Phi) is 3.54. The van der Waals surface area contributed by atoms with Gasteiger partial charge in [-0.25, -0.2) is 14.4 Å². The van der Waals surface area contributed by atoms with Gasteiger partial charge in [0.2, 0.25) is 0 Å². The lowest BCUT2D eigenvalue weighted by molar-refractivity contribution is -0.0108. The second kappa shape index (κ2) is 4.93. The fraction of sp³-hybridized carbons (Fsp3) is 0.636. The summed E-state index contributed by atoms with van der Waals surface area (Å²) in [6, 6.07) is 0.0293. The molecule has 17 heavy (non-hydrogen) atoms. The van der Waals surface area contributed by atoms with E-state index >= 15 is 0 Å². The van der Waals surface area contributed by atoms with Crippen molar-refractivity contribution in [2.45, 2.75) is 26.0 Å². The third-order valence-electron chi connectivity index (χ3n) is 2.93. The number of aromatic nitrogens is 2. The number of nitrogens with zero attached hydrogens (tertiary/aromatic N) is 3. The highest BCUT2D eigenvalue weighted by atomic mass is 19.1. The van der Waals surface area contributed by atoms with Crippen LogP contribution >= 0.6 is 0 Å². The van der Waals surface area contributed by atoms with Gasteiger partial charge < -0.3 is 14.7 Å². The first-order valence-electron chi connectivity index (χ1n) is 5.59. The smallest absolute Gasteiger partial charge is 0.186 e. The number of aliphatic hydroxyl groups is 1. The van der Waals surface area contributed by atoms with Crippen LogP contribution in [-0.2, 0) is 4.74 Å². The molecule has 1 saturated heterocycles. The molecule has 1 aromatic rings. The third-order valence-corrected chi connectivity index (χ3v) is 2.93. The molecular formula is C11H16FN3O2. The maximum Gasteiger partial charge on any atom is 0.186 e. The van der Waals surface area contributed by atoms with Crippen LogP contribution in [0.4, 0.5) is 10.2 Å². The highest BCUT2D eigenvalue weighted by molar-refractivity contribution is 5.42. The molecule has 2 heterocycles. The zero-order chi connectivity index (χ0) is 12.4. The predicted octanol–water partition coefficient (Wildman–Crippen LogP) is 0.510. The van der Waals surface area contributed by atoms with E-state index in [4.69, 9.17) is 9.84 Å². The highest BCUT2D eigenvalue weighted by Crippen LogP contribution is 2.23. The van der Waals surface area contributed by atoms with Crippen molar-refractivity contribution >= 4 is 5.82 Å². The van der Waals surface area contributed by atoms with Crippen LogP contribution < -0.4 is 4.90 Å². The minimum Gasteiger partial charge on any atom is -0.394 e. The number of aliphatic hydroxyl groups excluding tert-OH is 1. The van der Waals surface area contributed by atoms with Crippen LogP contribution in [0.3, 0.4) is 0 Å². The van der Waals surface area contributed by atoms with E-state index in [1.54, 1.807) is 6.92 Å². The van der Waals surface area contributed by atoms with Crippen LogP contribution in [0.2, 0.25) is 0 Å². The zero-order valence-electron chi connectivity index (χ0n) is 9.93.